The second-order valence-corrected chi connectivity index (χ2v) is 9.71. The predicted octanol–water partition coefficient (Wildman–Crippen LogP) is 4.62. The van der Waals surface area contributed by atoms with Crippen LogP contribution in [-0.4, -0.2) is 51.0 Å². The highest BCUT2D eigenvalue weighted by molar-refractivity contribution is 7.93. The van der Waals surface area contributed by atoms with Gasteiger partial charge in [0.25, 0.3) is 15.9 Å². The highest BCUT2D eigenvalue weighted by atomic mass is 32.2. The molecular weight excluding hydrogens is 476 g/mol. The topological polar surface area (TPSA) is 101 Å². The Balaban J connectivity index is 1.40. The first kappa shape index (κ1) is 25.0. The molecule has 1 heterocycles. The number of methoxy groups -OCH3 is 1. The highest BCUT2D eigenvalue weighted by Crippen LogP contribution is 2.23. The number of nitrogens with zero attached hydrogens (tertiary/aromatic N) is 2. The Labute approximate surface area is 211 Å². The minimum Gasteiger partial charge on any atom is -0.497 e. The first-order chi connectivity index (χ1) is 17.4. The van der Waals surface area contributed by atoms with Gasteiger partial charge < -0.3 is 15.0 Å². The van der Waals surface area contributed by atoms with Crippen LogP contribution < -0.4 is 14.8 Å². The van der Waals surface area contributed by atoms with E-state index in [1.807, 2.05) is 43.3 Å². The van der Waals surface area contributed by atoms with E-state index in [-0.39, 0.29) is 10.8 Å². The van der Waals surface area contributed by atoms with Crippen LogP contribution in [0.4, 0.5) is 11.4 Å². The van der Waals surface area contributed by atoms with Crippen molar-refractivity contribution in [3.63, 3.8) is 0 Å². The van der Waals surface area contributed by atoms with Gasteiger partial charge in [0.15, 0.2) is 0 Å². The van der Waals surface area contributed by atoms with Gasteiger partial charge in [0.1, 0.15) is 10.6 Å². The van der Waals surface area contributed by atoms with E-state index in [9.17, 15) is 13.2 Å². The van der Waals surface area contributed by atoms with Gasteiger partial charge in [-0.15, -0.1) is 0 Å². The highest BCUT2D eigenvalue weighted by Gasteiger charge is 2.19. The molecule has 8 nitrogen and oxygen atoms in total. The number of hydrogen-bond acceptors (Lipinski definition) is 6. The van der Waals surface area contributed by atoms with Crippen molar-refractivity contribution in [1.82, 2.24) is 9.88 Å². The fourth-order valence-electron chi connectivity index (χ4n) is 3.81. The zero-order valence-electron chi connectivity index (χ0n) is 20.1. The van der Waals surface area contributed by atoms with Crippen molar-refractivity contribution in [3.8, 4) is 5.75 Å². The zero-order valence-corrected chi connectivity index (χ0v) is 21.0. The van der Waals surface area contributed by atoms with Crippen LogP contribution in [0.25, 0.3) is 10.9 Å². The molecule has 0 aliphatic carbocycles. The number of carbonyl (C=O) groups excluding carboxylic acids is 1. The molecule has 2 N–H and O–H groups in total. The molecular formula is C27H28N4O4S. The number of anilines is 2. The summed E-state index contributed by atoms with van der Waals surface area (Å²) in [6.45, 7) is 3.57. The molecule has 0 aliphatic heterocycles. The first-order valence-corrected chi connectivity index (χ1v) is 13.0. The van der Waals surface area contributed by atoms with Crippen LogP contribution in [0, 0.1) is 0 Å². The van der Waals surface area contributed by atoms with E-state index in [4.69, 9.17) is 4.74 Å². The number of amides is 1. The summed E-state index contributed by atoms with van der Waals surface area (Å²) in [7, 11) is -2.24. The number of likely N-dealkylation sites (N-methyl/N-ethyl adjacent to an activating group) is 1. The van der Waals surface area contributed by atoms with Crippen LogP contribution in [0.15, 0.2) is 90.0 Å². The minimum atomic E-state index is -3.86. The molecule has 0 atom stereocenters. The van der Waals surface area contributed by atoms with Crippen LogP contribution in [0.5, 0.6) is 5.75 Å². The lowest BCUT2D eigenvalue weighted by molar-refractivity contribution is 0.0770. The van der Waals surface area contributed by atoms with Crippen molar-refractivity contribution >= 4 is 38.2 Å². The summed E-state index contributed by atoms with van der Waals surface area (Å²) in [5, 5.41) is 4.04. The van der Waals surface area contributed by atoms with Gasteiger partial charge in [-0.2, -0.15) is 0 Å². The quantitative estimate of drug-likeness (QED) is 0.327. The van der Waals surface area contributed by atoms with Gasteiger partial charge in [-0.05, 0) is 67.6 Å². The fraction of sp³-hybridized carbons (Fsp3) is 0.185. The SMILES string of the molecule is CCN(CCNc1ccc(OC)cc1)C(=O)c1ccc(NS(=O)(=O)c2cccc3cccnc23)cc1. The molecule has 9 heteroatoms. The lowest BCUT2D eigenvalue weighted by Gasteiger charge is -2.21. The summed E-state index contributed by atoms with van der Waals surface area (Å²) in [4.78, 5) is 19.1. The smallest absolute Gasteiger partial charge is 0.264 e. The Morgan fingerprint density at radius 2 is 1.64 bits per heavy atom. The Morgan fingerprint density at radius 3 is 2.33 bits per heavy atom. The van der Waals surface area contributed by atoms with E-state index in [1.165, 1.54) is 6.07 Å². The van der Waals surface area contributed by atoms with Gasteiger partial charge >= 0.3 is 0 Å². The lowest BCUT2D eigenvalue weighted by Crippen LogP contribution is -2.34. The molecule has 3 aromatic carbocycles. The summed E-state index contributed by atoms with van der Waals surface area (Å²) in [6.07, 6.45) is 1.56. The molecule has 0 radical (unpaired) electrons. The number of benzene rings is 3. The number of fused-ring (bicyclic) bond motifs is 1. The second kappa shape index (κ2) is 11.1. The van der Waals surface area contributed by atoms with Gasteiger partial charge in [-0.25, -0.2) is 8.42 Å². The average Bonchev–Trinajstić information content (AvgIpc) is 2.91. The third-order valence-corrected chi connectivity index (χ3v) is 7.15. The summed E-state index contributed by atoms with van der Waals surface area (Å²) in [5.41, 5.74) is 2.19. The molecule has 4 rings (SSSR count). The number of nitrogens with one attached hydrogen (secondary N) is 2. The summed E-state index contributed by atoms with van der Waals surface area (Å²) >= 11 is 0. The molecule has 0 fully saturated rings. The fourth-order valence-corrected chi connectivity index (χ4v) is 5.05. The number of pyridine rings is 1. The number of para-hydroxylation sites is 1. The van der Waals surface area contributed by atoms with Crippen molar-refractivity contribution in [2.75, 3.05) is 36.8 Å². The van der Waals surface area contributed by atoms with Crippen molar-refractivity contribution in [1.29, 1.82) is 0 Å². The van der Waals surface area contributed by atoms with Crippen molar-refractivity contribution in [3.05, 3.63) is 90.6 Å². The van der Waals surface area contributed by atoms with E-state index >= 15 is 0 Å². The molecule has 0 bridgehead atoms. The third kappa shape index (κ3) is 5.75. The van der Waals surface area contributed by atoms with Gasteiger partial charge in [-0.3, -0.25) is 14.5 Å². The molecule has 0 unspecified atom stereocenters. The van der Waals surface area contributed by atoms with Crippen molar-refractivity contribution in [2.45, 2.75) is 11.8 Å². The maximum absolute atomic E-state index is 13.0. The van der Waals surface area contributed by atoms with Crippen LogP contribution in [0.1, 0.15) is 17.3 Å². The molecule has 36 heavy (non-hydrogen) atoms. The normalized spacial score (nSPS) is 11.2. The van der Waals surface area contributed by atoms with Crippen LogP contribution >= 0.6 is 0 Å². The molecule has 0 saturated carbocycles. The number of rotatable bonds is 10. The molecule has 1 amide bonds. The summed E-state index contributed by atoms with van der Waals surface area (Å²) in [5.74, 6) is 0.659. The van der Waals surface area contributed by atoms with Gasteiger partial charge in [-0.1, -0.05) is 18.2 Å². The molecule has 0 aliphatic rings. The van der Waals surface area contributed by atoms with Gasteiger partial charge in [0, 0.05) is 48.2 Å². The van der Waals surface area contributed by atoms with Crippen LogP contribution in [0.2, 0.25) is 0 Å². The van der Waals surface area contributed by atoms with Crippen LogP contribution in [0.3, 0.4) is 0 Å². The largest absolute Gasteiger partial charge is 0.497 e. The van der Waals surface area contributed by atoms with Gasteiger partial charge in [0.2, 0.25) is 0 Å². The standard InChI is InChI=1S/C27H28N4O4S/c1-3-31(19-18-28-22-13-15-24(35-2)16-14-22)27(32)21-9-11-23(12-10-21)30-36(33,34)25-8-4-6-20-7-5-17-29-26(20)25/h4-17,28,30H,3,18-19H2,1-2H3. The monoisotopic (exact) mass is 504 g/mol. The Kier molecular flexibility index (Phi) is 7.70. The van der Waals surface area contributed by atoms with E-state index in [0.29, 0.717) is 36.4 Å². The Morgan fingerprint density at radius 1 is 0.944 bits per heavy atom. The number of aromatic nitrogens is 1. The van der Waals surface area contributed by atoms with E-state index in [2.05, 4.69) is 15.0 Å². The van der Waals surface area contributed by atoms with E-state index < -0.39 is 10.0 Å². The maximum atomic E-state index is 13.0. The molecule has 4 aromatic rings. The van der Waals surface area contributed by atoms with Crippen LogP contribution in [-0.2, 0) is 10.0 Å². The number of sulfonamides is 1. The summed E-state index contributed by atoms with van der Waals surface area (Å²) in [6, 6.07) is 22.6. The first-order valence-electron chi connectivity index (χ1n) is 11.5. The Bertz CT molecular complexity index is 1430. The van der Waals surface area contributed by atoms with E-state index in [0.717, 1.165) is 16.8 Å². The molecule has 0 spiro atoms. The zero-order chi connectivity index (χ0) is 25.5. The second-order valence-electron chi connectivity index (χ2n) is 8.05. The van der Waals surface area contributed by atoms with Gasteiger partial charge in [0.05, 0.1) is 12.6 Å². The molecule has 0 saturated heterocycles. The average molecular weight is 505 g/mol. The molecule has 1 aromatic heterocycles. The number of hydrogen-bond donors (Lipinski definition) is 2. The molecule has 186 valence electrons. The summed E-state index contributed by atoms with van der Waals surface area (Å²) < 4.78 is 33.8. The minimum absolute atomic E-state index is 0.0993. The Hall–Kier alpha value is -4.11. The number of carbonyl (C=O) groups is 1. The maximum Gasteiger partial charge on any atom is 0.264 e. The lowest BCUT2D eigenvalue weighted by atomic mass is 10.2. The third-order valence-electron chi connectivity index (χ3n) is 5.74. The number of ether oxygens (including phenoxy) is 1. The predicted molar refractivity (Wildman–Crippen MR) is 142 cm³/mol. The van der Waals surface area contributed by atoms with Crippen molar-refractivity contribution < 1.29 is 17.9 Å². The van der Waals surface area contributed by atoms with Crippen molar-refractivity contribution in [2.24, 2.45) is 0 Å². The van der Waals surface area contributed by atoms with E-state index in [1.54, 1.807) is 54.6 Å².